The van der Waals surface area contributed by atoms with Crippen molar-refractivity contribution in [1.82, 2.24) is 15.2 Å². The number of esters is 3. The maximum Gasteiger partial charge on any atom is 0.338 e. The highest BCUT2D eigenvalue weighted by Crippen LogP contribution is 2.51. The van der Waals surface area contributed by atoms with Crippen LogP contribution < -0.4 is 5.32 Å². The zero-order valence-electron chi connectivity index (χ0n) is 32.0. The van der Waals surface area contributed by atoms with Crippen LogP contribution in [0.15, 0.2) is 77.3 Å². The van der Waals surface area contributed by atoms with Crippen LogP contribution in [0, 0.1) is 17.3 Å². The Bertz CT molecular complexity index is 1630. The van der Waals surface area contributed by atoms with Gasteiger partial charge in [-0.15, -0.1) is 0 Å². The number of nitrogens with zero attached hydrogens (tertiary/aromatic N) is 2. The van der Waals surface area contributed by atoms with E-state index in [9.17, 15) is 29.1 Å². The van der Waals surface area contributed by atoms with E-state index in [2.05, 4.69) is 10.3 Å². The molecule has 2 aliphatic heterocycles. The summed E-state index contributed by atoms with van der Waals surface area (Å²) < 4.78 is 27.1. The minimum Gasteiger partial charge on any atom is -0.460 e. The summed E-state index contributed by atoms with van der Waals surface area (Å²) in [6, 6.07) is 0. The van der Waals surface area contributed by atoms with Crippen LogP contribution in [-0.4, -0.2) is 101 Å². The van der Waals surface area contributed by atoms with Crippen LogP contribution in [0.5, 0.6) is 0 Å². The number of hydrogen-bond acceptors (Lipinski definition) is 12. The quantitative estimate of drug-likeness (QED) is 0.127. The molecule has 2 saturated heterocycles. The number of allylic oxidation sites excluding steroid dienone is 7. The van der Waals surface area contributed by atoms with Gasteiger partial charge in [0.25, 0.3) is 0 Å². The van der Waals surface area contributed by atoms with Crippen molar-refractivity contribution in [3.8, 4) is 0 Å². The van der Waals surface area contributed by atoms with Crippen molar-refractivity contribution in [2.24, 2.45) is 17.3 Å². The Morgan fingerprint density at radius 1 is 1.09 bits per heavy atom. The molecule has 3 rings (SSSR count). The highest BCUT2D eigenvalue weighted by molar-refractivity contribution is 5.99. The van der Waals surface area contributed by atoms with E-state index in [1.165, 1.54) is 39.3 Å². The minimum atomic E-state index is -1.89. The van der Waals surface area contributed by atoms with E-state index in [1.54, 1.807) is 77.3 Å². The molecule has 14 nitrogen and oxygen atoms in total. The Hall–Kier alpha value is -4.82. The number of methoxy groups -OCH3 is 1. The number of nitrogens with one attached hydrogen (secondary N) is 1. The van der Waals surface area contributed by atoms with E-state index >= 15 is 0 Å². The fraction of sp³-hybridized carbons (Fsp3) is 0.538. The van der Waals surface area contributed by atoms with Gasteiger partial charge in [-0.05, 0) is 44.8 Å². The number of cyclic esters (lactones) is 1. The first-order valence-corrected chi connectivity index (χ1v) is 17.5. The molecule has 1 aromatic rings. The van der Waals surface area contributed by atoms with Crippen LogP contribution in [0.3, 0.4) is 0 Å². The first kappa shape index (κ1) is 42.6. The average molecular weight is 740 g/mol. The molecule has 0 saturated carbocycles. The number of oxazole rings is 1. The summed E-state index contributed by atoms with van der Waals surface area (Å²) in [5.41, 5.74) is -3.89. The highest BCUT2D eigenvalue weighted by atomic mass is 16.6. The molecular weight excluding hydrogens is 686 g/mol. The second kappa shape index (κ2) is 18.3. The summed E-state index contributed by atoms with van der Waals surface area (Å²) in [7, 11) is 2.86. The topological polar surface area (TPSA) is 184 Å². The zero-order valence-corrected chi connectivity index (χ0v) is 32.0. The normalized spacial score (nSPS) is 24.5. The summed E-state index contributed by atoms with van der Waals surface area (Å²) >= 11 is 0. The number of aliphatic hydroxyl groups is 1. The van der Waals surface area contributed by atoms with Crippen LogP contribution in [0.4, 0.5) is 0 Å². The van der Waals surface area contributed by atoms with Crippen LogP contribution >= 0.6 is 0 Å². The van der Waals surface area contributed by atoms with Gasteiger partial charge in [-0.2, -0.15) is 0 Å². The Morgan fingerprint density at radius 3 is 2.34 bits per heavy atom. The number of likely N-dealkylation sites (tertiary alicyclic amines) is 1. The van der Waals surface area contributed by atoms with Crippen molar-refractivity contribution in [3.63, 3.8) is 0 Å². The number of likely N-dealkylation sites (N-methyl/N-ethyl adjacent to an activating group) is 1. The summed E-state index contributed by atoms with van der Waals surface area (Å²) in [5.74, 6) is -3.11. The van der Waals surface area contributed by atoms with Gasteiger partial charge in [-0.1, -0.05) is 62.5 Å². The van der Waals surface area contributed by atoms with Gasteiger partial charge in [-0.3, -0.25) is 19.2 Å². The summed E-state index contributed by atoms with van der Waals surface area (Å²) in [6.07, 6.45) is 17.1. The van der Waals surface area contributed by atoms with Gasteiger partial charge in [-0.25, -0.2) is 9.78 Å². The third-order valence-electron chi connectivity index (χ3n) is 9.96. The molecule has 3 heterocycles. The number of rotatable bonds is 18. The van der Waals surface area contributed by atoms with Crippen LogP contribution in [-0.2, 0) is 49.3 Å². The van der Waals surface area contributed by atoms with E-state index in [4.69, 9.17) is 23.4 Å². The van der Waals surface area contributed by atoms with Gasteiger partial charge in [0.05, 0.1) is 23.6 Å². The summed E-state index contributed by atoms with van der Waals surface area (Å²) in [6.45, 7) is 11.1. The molecular formula is C39H53N3O11. The molecule has 2 amide bonds. The molecule has 1 aromatic heterocycles. The Kier molecular flexibility index (Phi) is 14.7. The molecule has 0 unspecified atom stereocenters. The third kappa shape index (κ3) is 9.41. The number of amides is 2. The first-order valence-electron chi connectivity index (χ1n) is 17.5. The Balaban J connectivity index is 1.63. The summed E-state index contributed by atoms with van der Waals surface area (Å²) in [4.78, 5) is 68.1. The SMILES string of the molecule is CO[C@@H](C[C@@H](C)[C@H](/C=C/C=C/CNC(=O)C(C)(C)[C@H](OC(C)=O)\C(C)=C/C=C\C=C\Cc1cnco1)OC(C)=O)[C@]1(O)[C@@H](C)C(=O)N(C)[C@@]12COC2=O. The Morgan fingerprint density at radius 2 is 1.77 bits per heavy atom. The van der Waals surface area contributed by atoms with Crippen molar-refractivity contribution in [3.05, 3.63) is 78.6 Å². The fourth-order valence-electron chi connectivity index (χ4n) is 6.84. The van der Waals surface area contributed by atoms with Crippen molar-refractivity contribution in [2.45, 2.75) is 90.8 Å². The largest absolute Gasteiger partial charge is 0.460 e. The smallest absolute Gasteiger partial charge is 0.338 e. The molecule has 53 heavy (non-hydrogen) atoms. The monoisotopic (exact) mass is 739 g/mol. The molecule has 0 bridgehead atoms. The van der Waals surface area contributed by atoms with Gasteiger partial charge in [0, 0.05) is 41.0 Å². The first-order chi connectivity index (χ1) is 24.9. The maximum atomic E-state index is 13.3. The standard InChI is InChI=1S/C39H53N3O11/c1-25(17-13-10-11-14-18-30-22-40-24-51-30)33(53-29(5)44)37(6,7)35(46)41-20-16-12-15-19-31(52-28(4)43)26(2)21-32(49-9)39(48)27(3)34(45)42(8)38(39)23-50-36(38)47/h10-17,19,22,24,26-27,31-33,48H,18,20-21,23H2,1-9H3,(H,41,46)/b13-10-,14-11+,16-12+,19-15+,25-17-/t26-,27+,31+,32+,33-,38-,39-/m1/s1. The molecule has 0 radical (unpaired) electrons. The molecule has 7 atom stereocenters. The lowest BCUT2D eigenvalue weighted by molar-refractivity contribution is -0.235. The third-order valence-corrected chi connectivity index (χ3v) is 9.96. The lowest BCUT2D eigenvalue weighted by atomic mass is 9.68. The fourth-order valence-corrected chi connectivity index (χ4v) is 6.84. The molecule has 14 heteroatoms. The molecule has 0 aromatic carbocycles. The van der Waals surface area contributed by atoms with Gasteiger partial charge in [0.2, 0.25) is 17.4 Å². The second-order valence-corrected chi connectivity index (χ2v) is 14.0. The molecule has 1 spiro atoms. The average Bonchev–Trinajstić information content (AvgIpc) is 3.68. The molecule has 2 aliphatic rings. The van der Waals surface area contributed by atoms with Crippen molar-refractivity contribution in [2.75, 3.05) is 27.3 Å². The van der Waals surface area contributed by atoms with Crippen molar-refractivity contribution < 1.29 is 52.4 Å². The molecule has 2 fully saturated rings. The molecule has 2 N–H and O–H groups in total. The predicted molar refractivity (Wildman–Crippen MR) is 194 cm³/mol. The van der Waals surface area contributed by atoms with Crippen LogP contribution in [0.1, 0.15) is 60.6 Å². The minimum absolute atomic E-state index is 0.137. The van der Waals surface area contributed by atoms with Crippen LogP contribution in [0.2, 0.25) is 0 Å². The van der Waals surface area contributed by atoms with E-state index < -0.39 is 70.5 Å². The van der Waals surface area contributed by atoms with E-state index in [0.29, 0.717) is 12.0 Å². The zero-order chi connectivity index (χ0) is 39.6. The van der Waals surface area contributed by atoms with Crippen molar-refractivity contribution in [1.29, 1.82) is 0 Å². The maximum absolute atomic E-state index is 13.3. The number of hydrogen-bond donors (Lipinski definition) is 2. The van der Waals surface area contributed by atoms with Crippen molar-refractivity contribution >= 4 is 29.7 Å². The van der Waals surface area contributed by atoms with Gasteiger partial charge < -0.3 is 38.7 Å². The second-order valence-electron chi connectivity index (χ2n) is 14.0. The Labute approximate surface area is 310 Å². The van der Waals surface area contributed by atoms with Gasteiger partial charge in [0.1, 0.15) is 30.2 Å². The lowest BCUT2D eigenvalue weighted by Gasteiger charge is -2.51. The number of aromatic nitrogens is 1. The number of carbonyl (C=O) groups excluding carboxylic acids is 5. The van der Waals surface area contributed by atoms with E-state index in [1.807, 2.05) is 18.2 Å². The predicted octanol–water partition coefficient (Wildman–Crippen LogP) is 3.57. The number of carbonyl (C=O) groups is 5. The van der Waals surface area contributed by atoms with E-state index in [0.717, 1.165) is 5.76 Å². The molecule has 290 valence electrons. The highest BCUT2D eigenvalue weighted by Gasteiger charge is 2.77. The lowest BCUT2D eigenvalue weighted by Crippen LogP contribution is -2.76. The van der Waals surface area contributed by atoms with E-state index in [-0.39, 0.29) is 25.5 Å². The molecule has 0 aliphatic carbocycles. The van der Waals surface area contributed by atoms with Gasteiger partial charge in [0.15, 0.2) is 6.39 Å². The number of ether oxygens (including phenoxy) is 4. The van der Waals surface area contributed by atoms with Crippen LogP contribution in [0.25, 0.3) is 0 Å². The van der Waals surface area contributed by atoms with Gasteiger partial charge >= 0.3 is 17.9 Å². The summed E-state index contributed by atoms with van der Waals surface area (Å²) in [5, 5.41) is 14.8.